The zero-order valence-electron chi connectivity index (χ0n) is 21.2. The molecular formula is C27H30F4N4O2. The zero-order chi connectivity index (χ0) is 27.1. The summed E-state index contributed by atoms with van der Waals surface area (Å²) in [5.74, 6) is -1.24. The third-order valence-corrected chi connectivity index (χ3v) is 6.97. The summed E-state index contributed by atoms with van der Waals surface area (Å²) in [6.07, 6.45) is 1.41. The van der Waals surface area contributed by atoms with E-state index in [-0.39, 0.29) is 29.0 Å². The quantitative estimate of drug-likeness (QED) is 0.572. The molecule has 2 amide bonds. The highest BCUT2D eigenvalue weighted by Crippen LogP contribution is 2.35. The molecule has 1 aromatic carbocycles. The van der Waals surface area contributed by atoms with Crippen molar-refractivity contribution in [1.82, 2.24) is 15.1 Å². The Labute approximate surface area is 213 Å². The molecule has 37 heavy (non-hydrogen) atoms. The van der Waals surface area contributed by atoms with Crippen LogP contribution in [0.25, 0.3) is 0 Å². The predicted octanol–water partition coefficient (Wildman–Crippen LogP) is 4.76. The third-order valence-electron chi connectivity index (χ3n) is 6.97. The van der Waals surface area contributed by atoms with Crippen LogP contribution < -0.4 is 5.32 Å². The van der Waals surface area contributed by atoms with Gasteiger partial charge in [0.25, 0.3) is 5.91 Å². The summed E-state index contributed by atoms with van der Waals surface area (Å²) in [7, 11) is 0. The first kappa shape index (κ1) is 26.6. The highest BCUT2D eigenvalue weighted by molar-refractivity contribution is 6.22. The van der Waals surface area contributed by atoms with Crippen LogP contribution in [0.1, 0.15) is 51.3 Å². The van der Waals surface area contributed by atoms with E-state index in [1.165, 1.54) is 19.9 Å². The van der Waals surface area contributed by atoms with Gasteiger partial charge in [-0.3, -0.25) is 14.6 Å². The summed E-state index contributed by atoms with van der Waals surface area (Å²) in [6, 6.07) is 1.99. The summed E-state index contributed by atoms with van der Waals surface area (Å²) >= 11 is 0. The number of allylic oxidation sites excluding steroid dienone is 2. The van der Waals surface area contributed by atoms with Crippen LogP contribution in [-0.2, 0) is 15.8 Å². The number of benzene rings is 1. The van der Waals surface area contributed by atoms with E-state index in [9.17, 15) is 27.2 Å². The lowest BCUT2D eigenvalue weighted by Crippen LogP contribution is -2.38. The number of hydrogen-bond acceptors (Lipinski definition) is 4. The van der Waals surface area contributed by atoms with Crippen LogP contribution in [0.4, 0.5) is 17.6 Å². The molecular weight excluding hydrogens is 488 g/mol. The van der Waals surface area contributed by atoms with E-state index in [1.807, 2.05) is 31.0 Å². The number of nitrogens with one attached hydrogen (secondary N) is 1. The largest absolute Gasteiger partial charge is 0.419 e. The number of amides is 2. The Bertz CT molecular complexity index is 1230. The van der Waals surface area contributed by atoms with E-state index in [1.54, 1.807) is 11.0 Å². The van der Waals surface area contributed by atoms with Gasteiger partial charge < -0.3 is 15.1 Å². The van der Waals surface area contributed by atoms with Crippen molar-refractivity contribution in [1.29, 1.82) is 0 Å². The molecule has 2 atom stereocenters. The predicted molar refractivity (Wildman–Crippen MR) is 132 cm³/mol. The van der Waals surface area contributed by atoms with E-state index in [4.69, 9.17) is 4.99 Å². The fourth-order valence-electron chi connectivity index (χ4n) is 4.70. The van der Waals surface area contributed by atoms with Crippen molar-refractivity contribution < 1.29 is 27.2 Å². The third kappa shape index (κ3) is 5.47. The highest BCUT2D eigenvalue weighted by atomic mass is 19.4. The second-order valence-electron chi connectivity index (χ2n) is 9.90. The fraction of sp³-hybridized carbons (Fsp3) is 0.444. The van der Waals surface area contributed by atoms with Gasteiger partial charge in [0, 0.05) is 38.3 Å². The molecule has 1 aromatic rings. The van der Waals surface area contributed by atoms with E-state index in [0.29, 0.717) is 38.0 Å². The average molecular weight is 519 g/mol. The molecule has 0 radical (unpaired) electrons. The van der Waals surface area contributed by atoms with E-state index in [0.717, 1.165) is 17.2 Å². The monoisotopic (exact) mass is 518 g/mol. The van der Waals surface area contributed by atoms with E-state index in [2.05, 4.69) is 5.32 Å². The maximum absolute atomic E-state index is 14.7. The van der Waals surface area contributed by atoms with Crippen molar-refractivity contribution in [3.8, 4) is 0 Å². The van der Waals surface area contributed by atoms with Gasteiger partial charge in [-0.05, 0) is 42.6 Å². The Hall–Kier alpha value is -3.43. The maximum atomic E-state index is 14.7. The van der Waals surface area contributed by atoms with E-state index >= 15 is 0 Å². The first-order chi connectivity index (χ1) is 17.4. The van der Waals surface area contributed by atoms with Crippen LogP contribution in [0, 0.1) is 11.7 Å². The van der Waals surface area contributed by atoms with Crippen molar-refractivity contribution in [3.63, 3.8) is 0 Å². The van der Waals surface area contributed by atoms with Crippen molar-refractivity contribution in [2.75, 3.05) is 19.6 Å². The second kappa shape index (κ2) is 10.1. The Morgan fingerprint density at radius 1 is 1.19 bits per heavy atom. The molecule has 198 valence electrons. The molecule has 0 fully saturated rings. The van der Waals surface area contributed by atoms with Crippen LogP contribution in [0.15, 0.2) is 58.3 Å². The highest BCUT2D eigenvalue weighted by Gasteiger charge is 2.37. The molecule has 0 saturated carbocycles. The number of rotatable bonds is 5. The number of amidine groups is 1. The number of carbonyl (C=O) groups is 2. The summed E-state index contributed by atoms with van der Waals surface area (Å²) in [4.78, 5) is 33.5. The standard InChI is InChI=1S/C27H30F4N4O2/c1-15(2)23-14-35-13-19(18-8-10-34(11-9-18)17(4)36)12-21(25(35)33-23)26(37)32-16(3)20-6-5-7-22(24(20)28)27(29,30)31/h5-8,12-13,15-16,23H,9-11,14H2,1-4H3,(H,32,37)/t16-,23+/m1/s1. The number of halogens is 4. The lowest BCUT2D eigenvalue weighted by molar-refractivity contribution is -0.140. The molecule has 3 aliphatic rings. The van der Waals surface area contributed by atoms with Crippen molar-refractivity contribution in [2.45, 2.75) is 52.4 Å². The molecule has 3 aliphatic heterocycles. The SMILES string of the molecule is CC(=O)N1CC=C(C2=CN3C[C@@H](C(C)C)N=C3C(C(=O)N[C@H](C)c3cccc(C(F)(F)F)c3F)=C2)CC1. The molecule has 3 heterocycles. The molecule has 10 heteroatoms. The minimum Gasteiger partial charge on any atom is -0.345 e. The van der Waals surface area contributed by atoms with Gasteiger partial charge in [-0.1, -0.05) is 32.1 Å². The minimum atomic E-state index is -4.84. The fourth-order valence-corrected chi connectivity index (χ4v) is 4.70. The molecule has 0 spiro atoms. The van der Waals surface area contributed by atoms with Gasteiger partial charge in [-0.15, -0.1) is 0 Å². The second-order valence-corrected chi connectivity index (χ2v) is 9.90. The van der Waals surface area contributed by atoms with Gasteiger partial charge in [0.15, 0.2) is 0 Å². The lowest BCUT2D eigenvalue weighted by Gasteiger charge is -2.29. The normalized spacial score (nSPS) is 20.6. The number of nitrogens with zero attached hydrogens (tertiary/aromatic N) is 3. The molecule has 6 nitrogen and oxygen atoms in total. The lowest BCUT2D eigenvalue weighted by atomic mass is 9.94. The van der Waals surface area contributed by atoms with Gasteiger partial charge >= 0.3 is 6.18 Å². The maximum Gasteiger partial charge on any atom is 0.419 e. The molecule has 0 bridgehead atoms. The molecule has 1 N–H and O–H groups in total. The van der Waals surface area contributed by atoms with Crippen molar-refractivity contribution in [2.24, 2.45) is 10.9 Å². The molecule has 0 aliphatic carbocycles. The van der Waals surface area contributed by atoms with Crippen LogP contribution in [0.2, 0.25) is 0 Å². The van der Waals surface area contributed by atoms with Crippen LogP contribution in [0.3, 0.4) is 0 Å². The van der Waals surface area contributed by atoms with Gasteiger partial charge in [0.05, 0.1) is 23.2 Å². The van der Waals surface area contributed by atoms with Gasteiger partial charge in [0.2, 0.25) is 5.91 Å². The zero-order valence-corrected chi connectivity index (χ0v) is 21.2. The minimum absolute atomic E-state index is 0.00640. The van der Waals surface area contributed by atoms with Gasteiger partial charge in [0.1, 0.15) is 11.7 Å². The van der Waals surface area contributed by atoms with Gasteiger partial charge in [-0.2, -0.15) is 13.2 Å². The van der Waals surface area contributed by atoms with E-state index < -0.39 is 29.5 Å². The Balaban J connectivity index is 1.63. The molecule has 0 unspecified atom stereocenters. The Morgan fingerprint density at radius 3 is 2.51 bits per heavy atom. The number of aliphatic imine (C=N–C) groups is 1. The average Bonchev–Trinajstić information content (AvgIpc) is 3.27. The first-order valence-corrected chi connectivity index (χ1v) is 12.3. The number of fused-ring (bicyclic) bond motifs is 1. The summed E-state index contributed by atoms with van der Waals surface area (Å²) in [5, 5.41) is 2.67. The first-order valence-electron chi connectivity index (χ1n) is 12.3. The van der Waals surface area contributed by atoms with Crippen molar-refractivity contribution >= 4 is 17.6 Å². The number of carbonyl (C=O) groups excluding carboxylic acids is 2. The summed E-state index contributed by atoms with van der Waals surface area (Å²) in [5.41, 5.74) is 0.458. The molecule has 4 rings (SSSR count). The molecule has 0 saturated heterocycles. The summed E-state index contributed by atoms with van der Waals surface area (Å²) < 4.78 is 54.3. The smallest absolute Gasteiger partial charge is 0.345 e. The van der Waals surface area contributed by atoms with Crippen LogP contribution >= 0.6 is 0 Å². The van der Waals surface area contributed by atoms with Crippen LogP contribution in [0.5, 0.6) is 0 Å². The molecule has 0 aromatic heterocycles. The number of alkyl halides is 3. The van der Waals surface area contributed by atoms with Crippen LogP contribution in [-0.4, -0.2) is 53.1 Å². The van der Waals surface area contributed by atoms with Crippen molar-refractivity contribution in [3.05, 3.63) is 70.2 Å². The Morgan fingerprint density at radius 2 is 1.92 bits per heavy atom. The number of hydrogen-bond donors (Lipinski definition) is 1. The topological polar surface area (TPSA) is 65.0 Å². The summed E-state index contributed by atoms with van der Waals surface area (Å²) in [6.45, 7) is 8.68. The Kier molecular flexibility index (Phi) is 7.30. The van der Waals surface area contributed by atoms with Gasteiger partial charge in [-0.25, -0.2) is 4.39 Å².